The maximum Gasteiger partial charge on any atom is 0.164 e. The highest BCUT2D eigenvalue weighted by atomic mass is 16.3. The molecule has 0 amide bonds. The summed E-state index contributed by atoms with van der Waals surface area (Å²) in [7, 11) is 0. The summed E-state index contributed by atoms with van der Waals surface area (Å²) in [5, 5.41) is 6.92. The number of furan rings is 1. The fraction of sp³-hybridized carbons (Fsp3) is 0.0238. The third kappa shape index (κ3) is 4.42. The van der Waals surface area contributed by atoms with E-state index in [1.165, 1.54) is 21.9 Å². The summed E-state index contributed by atoms with van der Waals surface area (Å²) in [6, 6.07) is 50.4. The zero-order valence-corrected chi connectivity index (χ0v) is 25.1. The van der Waals surface area contributed by atoms with Gasteiger partial charge in [0.2, 0.25) is 0 Å². The van der Waals surface area contributed by atoms with Crippen LogP contribution in [-0.4, -0.2) is 15.0 Å². The molecular formula is C42H27N3O. The molecule has 0 bridgehead atoms. The van der Waals surface area contributed by atoms with Gasteiger partial charge in [-0.1, -0.05) is 121 Å². The van der Waals surface area contributed by atoms with E-state index in [0.717, 1.165) is 55.0 Å². The number of fused-ring (bicyclic) bond motifs is 5. The third-order valence-corrected chi connectivity index (χ3v) is 8.83. The molecule has 0 unspecified atom stereocenters. The Morgan fingerprint density at radius 3 is 1.54 bits per heavy atom. The summed E-state index contributed by atoms with van der Waals surface area (Å²) in [5.41, 5.74) is 8.12. The largest absolute Gasteiger partial charge is 0.456 e. The molecule has 0 atom stereocenters. The van der Waals surface area contributed by atoms with Gasteiger partial charge in [-0.25, -0.2) is 15.0 Å². The Kier molecular flexibility index (Phi) is 6.00. The highest BCUT2D eigenvalue weighted by Gasteiger charge is 2.17. The molecule has 46 heavy (non-hydrogen) atoms. The van der Waals surface area contributed by atoms with Crippen LogP contribution in [-0.2, 0) is 0 Å². The summed E-state index contributed by atoms with van der Waals surface area (Å²) >= 11 is 0. The highest BCUT2D eigenvalue weighted by Crippen LogP contribution is 2.39. The fourth-order valence-electron chi connectivity index (χ4n) is 6.50. The molecule has 9 rings (SSSR count). The van der Waals surface area contributed by atoms with Crippen molar-refractivity contribution in [1.82, 2.24) is 15.0 Å². The number of hydrogen-bond donors (Lipinski definition) is 0. The molecule has 0 saturated carbocycles. The number of aryl methyl sites for hydroxylation is 1. The SMILES string of the molecule is Cc1ccc2oc3ccccc3c2c1-c1ccc(-c2nc(-c3ccc4ccccc4c3)nc(-c3ccc4ccccc4c3)n2)cc1. The second kappa shape index (κ2) is 10.5. The second-order valence-electron chi connectivity index (χ2n) is 11.7. The minimum atomic E-state index is 0.636. The van der Waals surface area contributed by atoms with Crippen molar-refractivity contribution in [3.63, 3.8) is 0 Å². The van der Waals surface area contributed by atoms with Crippen molar-refractivity contribution in [2.45, 2.75) is 6.92 Å². The van der Waals surface area contributed by atoms with Crippen molar-refractivity contribution >= 4 is 43.5 Å². The van der Waals surface area contributed by atoms with Gasteiger partial charge >= 0.3 is 0 Å². The first-order chi connectivity index (χ1) is 22.7. The van der Waals surface area contributed by atoms with Gasteiger partial charge in [0, 0.05) is 27.5 Å². The molecule has 0 radical (unpaired) electrons. The molecule has 0 aliphatic carbocycles. The molecule has 0 spiro atoms. The molecular weight excluding hydrogens is 562 g/mol. The number of aromatic nitrogens is 3. The lowest BCUT2D eigenvalue weighted by molar-refractivity contribution is 0.669. The second-order valence-corrected chi connectivity index (χ2v) is 11.7. The van der Waals surface area contributed by atoms with Gasteiger partial charge in [0.1, 0.15) is 11.2 Å². The molecule has 0 aliphatic rings. The Morgan fingerprint density at radius 2 is 0.913 bits per heavy atom. The van der Waals surface area contributed by atoms with Crippen LogP contribution in [0.4, 0.5) is 0 Å². The third-order valence-electron chi connectivity index (χ3n) is 8.83. The molecule has 0 fully saturated rings. The first-order valence-electron chi connectivity index (χ1n) is 15.4. The van der Waals surface area contributed by atoms with E-state index < -0.39 is 0 Å². The van der Waals surface area contributed by atoms with Crippen molar-refractivity contribution in [2.75, 3.05) is 0 Å². The van der Waals surface area contributed by atoms with E-state index in [-0.39, 0.29) is 0 Å². The summed E-state index contributed by atoms with van der Waals surface area (Å²) in [4.78, 5) is 15.1. The predicted molar refractivity (Wildman–Crippen MR) is 189 cm³/mol. The number of rotatable bonds is 4. The van der Waals surface area contributed by atoms with E-state index in [2.05, 4.69) is 140 Å². The van der Waals surface area contributed by atoms with Gasteiger partial charge in [-0.3, -0.25) is 0 Å². The molecule has 4 nitrogen and oxygen atoms in total. The Labute approximate surface area is 265 Å². The zero-order chi connectivity index (χ0) is 30.6. The first-order valence-corrected chi connectivity index (χ1v) is 15.4. The van der Waals surface area contributed by atoms with Gasteiger partial charge in [-0.15, -0.1) is 0 Å². The highest BCUT2D eigenvalue weighted by molar-refractivity contribution is 6.13. The van der Waals surface area contributed by atoms with Crippen molar-refractivity contribution in [3.05, 3.63) is 151 Å². The molecule has 2 aromatic heterocycles. The number of nitrogens with zero attached hydrogens (tertiary/aromatic N) is 3. The molecule has 0 saturated heterocycles. The van der Waals surface area contributed by atoms with Crippen molar-refractivity contribution in [3.8, 4) is 45.3 Å². The average molecular weight is 590 g/mol. The van der Waals surface area contributed by atoms with Crippen LogP contribution in [0, 0.1) is 6.92 Å². The monoisotopic (exact) mass is 589 g/mol. The fourth-order valence-corrected chi connectivity index (χ4v) is 6.50. The quantitative estimate of drug-likeness (QED) is 0.205. The molecule has 0 N–H and O–H groups in total. The van der Waals surface area contributed by atoms with Crippen LogP contribution in [0.25, 0.3) is 88.8 Å². The molecule has 9 aromatic rings. The molecule has 7 aromatic carbocycles. The Hall–Kier alpha value is -6.13. The average Bonchev–Trinajstić information content (AvgIpc) is 3.50. The number of para-hydroxylation sites is 1. The number of benzene rings is 7. The summed E-state index contributed by atoms with van der Waals surface area (Å²) < 4.78 is 6.20. The van der Waals surface area contributed by atoms with Crippen molar-refractivity contribution < 1.29 is 4.42 Å². The van der Waals surface area contributed by atoms with Gasteiger partial charge < -0.3 is 4.42 Å². The lowest BCUT2D eigenvalue weighted by Gasteiger charge is -2.11. The standard InChI is InChI=1S/C42H27N3O/c1-26-14-23-37-39(35-12-6-7-13-36(35)46-37)38(26)29-17-19-30(20-18-29)40-43-41(33-21-15-27-8-2-4-10-31(27)24-33)45-42(44-40)34-22-16-28-9-3-5-11-32(28)25-34/h2-25H,1H3. The van der Waals surface area contributed by atoms with Gasteiger partial charge in [-0.2, -0.15) is 0 Å². The van der Waals surface area contributed by atoms with E-state index in [4.69, 9.17) is 19.4 Å². The van der Waals surface area contributed by atoms with Crippen LogP contribution in [0.15, 0.2) is 150 Å². The first kappa shape index (κ1) is 26.3. The van der Waals surface area contributed by atoms with Gasteiger partial charge in [0.15, 0.2) is 17.5 Å². The van der Waals surface area contributed by atoms with Crippen LogP contribution in [0.1, 0.15) is 5.56 Å². The Balaban J connectivity index is 1.20. The van der Waals surface area contributed by atoms with E-state index in [9.17, 15) is 0 Å². The van der Waals surface area contributed by atoms with Crippen LogP contribution in [0.5, 0.6) is 0 Å². The lowest BCUT2D eigenvalue weighted by atomic mass is 9.94. The summed E-state index contributed by atoms with van der Waals surface area (Å²) in [5.74, 6) is 1.93. The minimum Gasteiger partial charge on any atom is -0.456 e. The van der Waals surface area contributed by atoms with E-state index >= 15 is 0 Å². The molecule has 2 heterocycles. The Morgan fingerprint density at radius 1 is 0.413 bits per heavy atom. The van der Waals surface area contributed by atoms with Crippen molar-refractivity contribution in [1.29, 1.82) is 0 Å². The van der Waals surface area contributed by atoms with Crippen LogP contribution >= 0.6 is 0 Å². The minimum absolute atomic E-state index is 0.636. The molecule has 216 valence electrons. The number of hydrogen-bond acceptors (Lipinski definition) is 4. The lowest BCUT2D eigenvalue weighted by Crippen LogP contribution is -2.00. The van der Waals surface area contributed by atoms with Crippen LogP contribution in [0.2, 0.25) is 0 Å². The van der Waals surface area contributed by atoms with Crippen LogP contribution < -0.4 is 0 Å². The molecule has 0 aliphatic heterocycles. The van der Waals surface area contributed by atoms with Crippen molar-refractivity contribution in [2.24, 2.45) is 0 Å². The van der Waals surface area contributed by atoms with E-state index in [1.54, 1.807) is 0 Å². The van der Waals surface area contributed by atoms with E-state index in [1.807, 2.05) is 12.1 Å². The Bertz CT molecular complexity index is 2500. The van der Waals surface area contributed by atoms with Gasteiger partial charge in [0.25, 0.3) is 0 Å². The topological polar surface area (TPSA) is 51.8 Å². The molecule has 4 heteroatoms. The normalized spacial score (nSPS) is 11.6. The summed E-state index contributed by atoms with van der Waals surface area (Å²) in [6.07, 6.45) is 0. The van der Waals surface area contributed by atoms with E-state index in [0.29, 0.717) is 17.5 Å². The van der Waals surface area contributed by atoms with Gasteiger partial charge in [-0.05, 0) is 69.4 Å². The van der Waals surface area contributed by atoms with Gasteiger partial charge in [0.05, 0.1) is 0 Å². The maximum atomic E-state index is 6.20. The van der Waals surface area contributed by atoms with Crippen LogP contribution in [0.3, 0.4) is 0 Å². The summed E-state index contributed by atoms with van der Waals surface area (Å²) in [6.45, 7) is 2.15. The zero-order valence-electron chi connectivity index (χ0n) is 25.1. The maximum absolute atomic E-state index is 6.20. The smallest absolute Gasteiger partial charge is 0.164 e. The predicted octanol–water partition coefficient (Wildman–Crippen LogP) is 11.1.